The number of thioether (sulfide) groups is 1. The minimum absolute atomic E-state index is 0.128. The molecule has 0 bridgehead atoms. The van der Waals surface area contributed by atoms with Crippen LogP contribution in [0.4, 0.5) is 26.1 Å². The largest absolute Gasteiger partial charge is 0.393 e. The molecule has 0 spiro atoms. The summed E-state index contributed by atoms with van der Waals surface area (Å²) in [5.41, 5.74) is 13.3. The summed E-state index contributed by atoms with van der Waals surface area (Å²) >= 11 is 1.56. The fourth-order valence-electron chi connectivity index (χ4n) is 4.39. The molecule has 10 nitrogen and oxygen atoms in total. The van der Waals surface area contributed by atoms with Gasteiger partial charge in [0.05, 0.1) is 19.3 Å². The smallest absolute Gasteiger partial charge is 0.191 e. The van der Waals surface area contributed by atoms with Crippen LogP contribution in [0.15, 0.2) is 23.4 Å². The highest BCUT2D eigenvalue weighted by atomic mass is 32.2. The van der Waals surface area contributed by atoms with Gasteiger partial charge in [-0.2, -0.15) is 0 Å². The molecule has 2 unspecified atom stereocenters. The first-order chi connectivity index (χ1) is 21.9. The molecule has 0 radical (unpaired) electrons. The highest BCUT2D eigenvalue weighted by molar-refractivity contribution is 7.99. The number of hydrazine groups is 1. The summed E-state index contributed by atoms with van der Waals surface area (Å²) in [4.78, 5) is 8.79. The van der Waals surface area contributed by atoms with Crippen LogP contribution in [0.2, 0.25) is 0 Å². The number of nitrogen functional groups attached to an aromatic ring is 2. The summed E-state index contributed by atoms with van der Waals surface area (Å²) in [5.74, 6) is 6.93. The van der Waals surface area contributed by atoms with Crippen LogP contribution in [0.5, 0.6) is 0 Å². The molecule has 3 fully saturated rings. The molecular formula is C33H56F2N6O4S. The number of rotatable bonds is 13. The van der Waals surface area contributed by atoms with E-state index in [0.717, 1.165) is 62.4 Å². The Balaban J connectivity index is 0.000000316. The number of halogens is 2. The molecule has 3 saturated carbocycles. The van der Waals surface area contributed by atoms with Gasteiger partial charge in [-0.1, -0.05) is 38.6 Å². The second kappa shape index (κ2) is 20.2. The van der Waals surface area contributed by atoms with Crippen molar-refractivity contribution in [3.63, 3.8) is 0 Å². The van der Waals surface area contributed by atoms with Crippen molar-refractivity contribution in [2.75, 3.05) is 49.2 Å². The van der Waals surface area contributed by atoms with Crippen LogP contribution < -0.4 is 22.3 Å². The third-order valence-corrected chi connectivity index (χ3v) is 8.54. The quantitative estimate of drug-likeness (QED) is 0.0466. The number of nitrogens with zero attached hydrogens (tertiary/aromatic N) is 3. The monoisotopic (exact) mass is 670 g/mol. The Bertz CT molecular complexity index is 1170. The Labute approximate surface area is 278 Å². The molecule has 13 heteroatoms. The van der Waals surface area contributed by atoms with Crippen molar-refractivity contribution in [1.82, 2.24) is 9.97 Å². The van der Waals surface area contributed by atoms with Crippen molar-refractivity contribution in [2.45, 2.75) is 115 Å². The van der Waals surface area contributed by atoms with E-state index in [-0.39, 0.29) is 18.0 Å². The Kier molecular flexibility index (Phi) is 17.5. The zero-order chi connectivity index (χ0) is 34.3. The van der Waals surface area contributed by atoms with Crippen LogP contribution in [0, 0.1) is 17.6 Å². The minimum Gasteiger partial charge on any atom is -0.393 e. The molecule has 3 aliphatic rings. The number of hydrogen-bond donors (Lipinski definition) is 4. The van der Waals surface area contributed by atoms with Gasteiger partial charge in [-0.05, 0) is 94.7 Å². The van der Waals surface area contributed by atoms with E-state index in [0.29, 0.717) is 35.8 Å². The number of methoxy groups -OCH3 is 1. The molecule has 0 amide bonds. The normalized spacial score (nSPS) is 18.8. The van der Waals surface area contributed by atoms with Gasteiger partial charge in [0.15, 0.2) is 34.2 Å². The van der Waals surface area contributed by atoms with Crippen molar-refractivity contribution in [2.24, 2.45) is 11.8 Å². The molecule has 1 aromatic carbocycles. The second-order valence-electron chi connectivity index (χ2n) is 12.0. The van der Waals surface area contributed by atoms with E-state index >= 15 is 0 Å². The SMILES string of the molecule is CC.CCCSc1nc(N)c(N)c(N(N)C2CCC(OCCOCC3CC3)C2)n1.COC(C)(C)O.Fc1ccc(C2CC2)cc1F. The Hall–Kier alpha value is -2.29. The first kappa shape index (κ1) is 39.9. The summed E-state index contributed by atoms with van der Waals surface area (Å²) in [5, 5.41) is 10.9. The maximum atomic E-state index is 12.6. The van der Waals surface area contributed by atoms with E-state index in [2.05, 4.69) is 21.6 Å². The third-order valence-electron chi connectivity index (χ3n) is 7.49. The summed E-state index contributed by atoms with van der Waals surface area (Å²) in [6.07, 6.45) is 8.84. The predicted octanol–water partition coefficient (Wildman–Crippen LogP) is 6.42. The van der Waals surface area contributed by atoms with Crippen LogP contribution in [-0.4, -0.2) is 65.7 Å². The van der Waals surface area contributed by atoms with E-state index < -0.39 is 17.4 Å². The third kappa shape index (κ3) is 14.6. The van der Waals surface area contributed by atoms with Gasteiger partial charge in [0.1, 0.15) is 5.69 Å². The number of hydrogen-bond acceptors (Lipinski definition) is 11. The molecule has 46 heavy (non-hydrogen) atoms. The van der Waals surface area contributed by atoms with E-state index in [1.54, 1.807) is 36.7 Å². The lowest BCUT2D eigenvalue weighted by atomic mass is 10.1. The summed E-state index contributed by atoms with van der Waals surface area (Å²) in [6.45, 7) is 11.4. The maximum Gasteiger partial charge on any atom is 0.191 e. The molecular weight excluding hydrogens is 614 g/mol. The molecule has 0 saturated heterocycles. The van der Waals surface area contributed by atoms with Gasteiger partial charge in [-0.3, -0.25) is 5.01 Å². The number of benzene rings is 1. The Morgan fingerprint density at radius 3 is 2.26 bits per heavy atom. The van der Waals surface area contributed by atoms with Crippen molar-refractivity contribution >= 4 is 29.1 Å². The van der Waals surface area contributed by atoms with Gasteiger partial charge in [0.2, 0.25) is 0 Å². The molecule has 3 aliphatic carbocycles. The van der Waals surface area contributed by atoms with Crippen LogP contribution in [0.25, 0.3) is 0 Å². The molecule has 1 aromatic heterocycles. The van der Waals surface area contributed by atoms with Crippen molar-refractivity contribution in [1.29, 1.82) is 0 Å². The number of aliphatic hydroxyl groups is 1. The van der Waals surface area contributed by atoms with Gasteiger partial charge in [-0.15, -0.1) is 0 Å². The standard InChI is InChI=1S/C18H32N6O2S.C9H8F2.C4H10O2.C2H6/c1-2-9-27-18-22-16(20)15(19)17(23-18)24(21)13-5-6-14(10-13)26-8-7-25-11-12-3-4-12;10-8-4-3-7(5-9(8)11)6-1-2-6;1-4(2,5)6-3;1-2/h12-14H,2-11,19,21H2,1H3,(H2,20,22,23);3-6H,1-2H2;5H,1-3H3;1-2H3. The summed E-state index contributed by atoms with van der Waals surface area (Å²) in [6, 6.07) is 4.29. The van der Waals surface area contributed by atoms with Crippen LogP contribution >= 0.6 is 11.8 Å². The highest BCUT2D eigenvalue weighted by Crippen LogP contribution is 2.40. The maximum absolute atomic E-state index is 12.6. The lowest BCUT2D eigenvalue weighted by Gasteiger charge is -2.26. The van der Waals surface area contributed by atoms with Gasteiger partial charge in [0, 0.05) is 25.5 Å². The van der Waals surface area contributed by atoms with E-state index in [4.69, 9.17) is 31.9 Å². The number of aromatic nitrogens is 2. The topological polar surface area (TPSA) is 155 Å². The average Bonchev–Trinajstić information content (AvgIpc) is 3.98. The van der Waals surface area contributed by atoms with Crippen LogP contribution in [-0.2, 0) is 14.2 Å². The summed E-state index contributed by atoms with van der Waals surface area (Å²) < 4.78 is 41.1. The van der Waals surface area contributed by atoms with Gasteiger partial charge in [0.25, 0.3) is 0 Å². The average molecular weight is 671 g/mol. The fraction of sp³-hybridized carbons (Fsp3) is 0.697. The number of anilines is 3. The molecule has 2 atom stereocenters. The second-order valence-corrected chi connectivity index (χ2v) is 13.0. The Morgan fingerprint density at radius 1 is 1.02 bits per heavy atom. The zero-order valence-corrected chi connectivity index (χ0v) is 29.3. The number of nitrogens with two attached hydrogens (primary N) is 3. The van der Waals surface area contributed by atoms with Crippen molar-refractivity contribution in [3.05, 3.63) is 35.4 Å². The number of ether oxygens (including phenoxy) is 3. The summed E-state index contributed by atoms with van der Waals surface area (Å²) in [7, 11) is 1.46. The molecule has 5 rings (SSSR count). The van der Waals surface area contributed by atoms with Gasteiger partial charge < -0.3 is 30.8 Å². The van der Waals surface area contributed by atoms with Crippen molar-refractivity contribution in [3.8, 4) is 0 Å². The van der Waals surface area contributed by atoms with E-state index in [1.807, 2.05) is 13.8 Å². The van der Waals surface area contributed by atoms with Gasteiger partial charge in [-0.25, -0.2) is 24.6 Å². The van der Waals surface area contributed by atoms with Gasteiger partial charge >= 0.3 is 0 Å². The zero-order valence-electron chi connectivity index (χ0n) is 28.4. The van der Waals surface area contributed by atoms with Crippen LogP contribution in [0.3, 0.4) is 0 Å². The first-order valence-corrected chi connectivity index (χ1v) is 17.4. The molecule has 1 heterocycles. The lowest BCUT2D eigenvalue weighted by molar-refractivity contribution is -0.155. The van der Waals surface area contributed by atoms with Crippen LogP contribution in [0.1, 0.15) is 97.5 Å². The molecule has 0 aliphatic heterocycles. The molecule has 2 aromatic rings. The van der Waals surface area contributed by atoms with E-state index in [1.165, 1.54) is 32.1 Å². The molecule has 262 valence electrons. The predicted molar refractivity (Wildman–Crippen MR) is 182 cm³/mol. The van der Waals surface area contributed by atoms with E-state index in [9.17, 15) is 8.78 Å². The fourth-order valence-corrected chi connectivity index (χ4v) is 5.09. The first-order valence-electron chi connectivity index (χ1n) is 16.4. The molecule has 7 N–H and O–H groups in total. The van der Waals surface area contributed by atoms with Crippen molar-refractivity contribution < 1.29 is 28.1 Å². The minimum atomic E-state index is -0.958. The lowest BCUT2D eigenvalue weighted by Crippen LogP contribution is -2.41. The Morgan fingerprint density at radius 2 is 1.70 bits per heavy atom. The highest BCUT2D eigenvalue weighted by Gasteiger charge is 2.31.